The maximum absolute atomic E-state index is 11.9. The number of thiophene rings is 1. The summed E-state index contributed by atoms with van der Waals surface area (Å²) in [6, 6.07) is 0.258. The van der Waals surface area contributed by atoms with Crippen LogP contribution in [0.2, 0.25) is 0 Å². The highest BCUT2D eigenvalue weighted by atomic mass is 79.9. The molecule has 0 atom stereocenters. The van der Waals surface area contributed by atoms with Gasteiger partial charge in [-0.05, 0) is 27.4 Å². The molecule has 0 fully saturated rings. The summed E-state index contributed by atoms with van der Waals surface area (Å²) in [6.07, 6.45) is 0. The minimum Gasteiger partial charge on any atom is -0.254 e. The molecule has 0 amide bonds. The largest absolute Gasteiger partial charge is 0.343 e. The summed E-state index contributed by atoms with van der Waals surface area (Å²) in [6.45, 7) is 0. The van der Waals surface area contributed by atoms with Crippen molar-refractivity contribution in [3.63, 3.8) is 0 Å². The topological polar surface area (TPSA) is 17.1 Å². The van der Waals surface area contributed by atoms with E-state index in [0.29, 0.717) is 4.47 Å². The Bertz CT molecular complexity index is 233. The second kappa shape index (κ2) is 2.58. The molecule has 0 saturated carbocycles. The van der Waals surface area contributed by atoms with E-state index in [-0.39, 0.29) is 4.88 Å². The van der Waals surface area contributed by atoms with Crippen molar-refractivity contribution in [2.45, 2.75) is 0 Å². The molecule has 0 radical (unpaired) electrons. The lowest BCUT2D eigenvalue weighted by atomic mass is 10.5. The van der Waals surface area contributed by atoms with Crippen LogP contribution in [-0.2, 0) is 0 Å². The Morgan fingerprint density at radius 3 is 2.67 bits per heavy atom. The van der Waals surface area contributed by atoms with Gasteiger partial charge in [0, 0.05) is 4.47 Å². The van der Waals surface area contributed by atoms with Crippen LogP contribution in [0, 0.1) is 0 Å². The zero-order chi connectivity index (χ0) is 6.85. The van der Waals surface area contributed by atoms with Crippen molar-refractivity contribution < 1.29 is 9.18 Å². The monoisotopic (exact) mass is 208 g/mol. The fourth-order valence-electron chi connectivity index (χ4n) is 0.434. The average Bonchev–Trinajstić information content (AvgIpc) is 2.13. The summed E-state index contributed by atoms with van der Waals surface area (Å²) < 4.78 is 12.4. The first-order chi connectivity index (χ1) is 4.22. The zero-order valence-electron chi connectivity index (χ0n) is 4.23. The Balaban J connectivity index is 3.08. The Morgan fingerprint density at radius 1 is 1.78 bits per heavy atom. The highest BCUT2D eigenvalue weighted by Crippen LogP contribution is 2.22. The quantitative estimate of drug-likeness (QED) is 0.649. The lowest BCUT2D eigenvalue weighted by Gasteiger charge is -1.82. The summed E-state index contributed by atoms with van der Waals surface area (Å²) in [5, 5.41) is 1.65. The predicted molar refractivity (Wildman–Crippen MR) is 37.5 cm³/mol. The molecule has 1 aromatic rings. The van der Waals surface area contributed by atoms with Crippen LogP contribution in [0.15, 0.2) is 15.9 Å². The lowest BCUT2D eigenvalue weighted by Crippen LogP contribution is -1.83. The van der Waals surface area contributed by atoms with E-state index in [1.54, 1.807) is 11.4 Å². The number of carbonyl (C=O) groups is 1. The second-order valence-electron chi connectivity index (χ2n) is 1.37. The van der Waals surface area contributed by atoms with E-state index < -0.39 is 6.04 Å². The molecule has 0 aliphatic rings. The van der Waals surface area contributed by atoms with Crippen LogP contribution in [0.25, 0.3) is 0 Å². The number of hydrogen-bond donors (Lipinski definition) is 0. The van der Waals surface area contributed by atoms with Gasteiger partial charge in [-0.1, -0.05) is 0 Å². The molecule has 1 aromatic heterocycles. The van der Waals surface area contributed by atoms with Crippen molar-refractivity contribution in [1.29, 1.82) is 0 Å². The molecule has 48 valence electrons. The third-order valence-corrected chi connectivity index (χ3v) is 2.61. The summed E-state index contributed by atoms with van der Waals surface area (Å²) in [5.41, 5.74) is 0. The molecular weight excluding hydrogens is 207 g/mol. The number of hydrogen-bond acceptors (Lipinski definition) is 2. The number of halogens is 2. The number of carbonyl (C=O) groups excluding carboxylic acids is 1. The maximum atomic E-state index is 11.9. The van der Waals surface area contributed by atoms with Crippen LogP contribution in [0.1, 0.15) is 9.67 Å². The molecule has 4 heteroatoms. The normalized spacial score (nSPS) is 9.56. The van der Waals surface area contributed by atoms with E-state index in [1.165, 1.54) is 0 Å². The number of rotatable bonds is 1. The van der Waals surface area contributed by atoms with Gasteiger partial charge in [0.2, 0.25) is 0 Å². The molecular formula is C5H2BrFOS. The van der Waals surface area contributed by atoms with Crippen LogP contribution in [0.3, 0.4) is 0 Å². The van der Waals surface area contributed by atoms with Gasteiger partial charge in [-0.25, -0.2) is 0 Å². The van der Waals surface area contributed by atoms with E-state index in [2.05, 4.69) is 15.9 Å². The summed E-state index contributed by atoms with van der Waals surface area (Å²) >= 11 is 4.10. The van der Waals surface area contributed by atoms with E-state index in [0.717, 1.165) is 11.3 Å². The van der Waals surface area contributed by atoms with Gasteiger partial charge in [-0.2, -0.15) is 4.39 Å². The van der Waals surface area contributed by atoms with E-state index in [1.807, 2.05) is 0 Å². The molecule has 0 spiro atoms. The van der Waals surface area contributed by atoms with Gasteiger partial charge in [0.05, 0.1) is 0 Å². The van der Waals surface area contributed by atoms with E-state index in [4.69, 9.17) is 0 Å². The first kappa shape index (κ1) is 6.89. The van der Waals surface area contributed by atoms with Crippen LogP contribution in [0.4, 0.5) is 4.39 Å². The van der Waals surface area contributed by atoms with E-state index in [9.17, 15) is 9.18 Å². The van der Waals surface area contributed by atoms with Crippen molar-refractivity contribution in [3.8, 4) is 0 Å². The summed E-state index contributed by atoms with van der Waals surface area (Å²) in [7, 11) is 0. The molecule has 0 aromatic carbocycles. The first-order valence-corrected chi connectivity index (χ1v) is 3.82. The summed E-state index contributed by atoms with van der Waals surface area (Å²) in [5.74, 6) is 0. The fraction of sp³-hybridized carbons (Fsp3) is 0. The molecule has 0 saturated heterocycles. The van der Waals surface area contributed by atoms with Gasteiger partial charge in [-0.3, -0.25) is 4.79 Å². The zero-order valence-corrected chi connectivity index (χ0v) is 6.63. The predicted octanol–water partition coefficient (Wildman–Crippen LogP) is 2.62. The Kier molecular flexibility index (Phi) is 1.97. The summed E-state index contributed by atoms with van der Waals surface area (Å²) in [4.78, 5) is 10.2. The van der Waals surface area contributed by atoms with Crippen molar-refractivity contribution in [3.05, 3.63) is 20.8 Å². The van der Waals surface area contributed by atoms with E-state index >= 15 is 0 Å². The third kappa shape index (κ3) is 1.37. The molecule has 0 aliphatic carbocycles. The molecule has 0 bridgehead atoms. The van der Waals surface area contributed by atoms with Gasteiger partial charge in [0.1, 0.15) is 4.88 Å². The van der Waals surface area contributed by atoms with Crippen LogP contribution < -0.4 is 0 Å². The van der Waals surface area contributed by atoms with Crippen molar-refractivity contribution in [2.24, 2.45) is 0 Å². The molecule has 0 N–H and O–H groups in total. The smallest absolute Gasteiger partial charge is 0.254 e. The molecule has 1 nitrogen and oxygen atoms in total. The van der Waals surface area contributed by atoms with Crippen molar-refractivity contribution >= 4 is 33.3 Å². The van der Waals surface area contributed by atoms with Gasteiger partial charge >= 0.3 is 6.04 Å². The molecule has 1 heterocycles. The second-order valence-corrected chi connectivity index (χ2v) is 3.14. The van der Waals surface area contributed by atoms with Crippen LogP contribution in [0.5, 0.6) is 0 Å². The minimum atomic E-state index is -1.38. The van der Waals surface area contributed by atoms with Gasteiger partial charge in [0.25, 0.3) is 0 Å². The van der Waals surface area contributed by atoms with Gasteiger partial charge in [0.15, 0.2) is 0 Å². The molecule has 0 aliphatic heterocycles. The SMILES string of the molecule is O=C(F)c1sccc1Br. The Labute approximate surface area is 63.6 Å². The maximum Gasteiger partial charge on any atom is 0.343 e. The van der Waals surface area contributed by atoms with Crippen LogP contribution >= 0.6 is 27.3 Å². The average molecular weight is 209 g/mol. The Morgan fingerprint density at radius 2 is 2.44 bits per heavy atom. The highest BCUT2D eigenvalue weighted by molar-refractivity contribution is 9.10. The van der Waals surface area contributed by atoms with Crippen molar-refractivity contribution in [1.82, 2.24) is 0 Å². The third-order valence-electron chi connectivity index (χ3n) is 0.796. The first-order valence-electron chi connectivity index (χ1n) is 2.14. The Hall–Kier alpha value is -0.220. The minimum absolute atomic E-state index is 0.134. The van der Waals surface area contributed by atoms with Crippen molar-refractivity contribution in [2.75, 3.05) is 0 Å². The lowest BCUT2D eigenvalue weighted by molar-refractivity contribution is 0.0840. The van der Waals surface area contributed by atoms with Gasteiger partial charge in [-0.15, -0.1) is 11.3 Å². The van der Waals surface area contributed by atoms with Gasteiger partial charge < -0.3 is 0 Å². The molecule has 1 rings (SSSR count). The molecule has 9 heavy (non-hydrogen) atoms. The molecule has 0 unspecified atom stereocenters. The van der Waals surface area contributed by atoms with Crippen LogP contribution in [-0.4, -0.2) is 6.04 Å². The standard InChI is InChI=1S/C5H2BrFOS/c6-3-1-2-9-4(3)5(7)8/h1-2H. The highest BCUT2D eigenvalue weighted by Gasteiger charge is 2.08. The fourth-order valence-corrected chi connectivity index (χ4v) is 1.79.